The maximum absolute atomic E-state index is 5.70. The molecule has 3 aromatic carbocycles. The molecule has 0 aliphatic heterocycles. The molecule has 0 radical (unpaired) electrons. The number of benzene rings is 3. The Bertz CT molecular complexity index is 761. The van der Waals surface area contributed by atoms with E-state index in [4.69, 9.17) is 9.47 Å². The molecule has 2 nitrogen and oxygen atoms in total. The highest BCUT2D eigenvalue weighted by Crippen LogP contribution is 2.50. The molecule has 0 spiro atoms. The zero-order valence-corrected chi connectivity index (χ0v) is 15.3. The van der Waals surface area contributed by atoms with Crippen LogP contribution in [0.3, 0.4) is 0 Å². The van der Waals surface area contributed by atoms with Gasteiger partial charge in [0, 0.05) is 5.56 Å². The minimum absolute atomic E-state index is 0.532. The van der Waals surface area contributed by atoms with Gasteiger partial charge in [0.15, 0.2) is 11.5 Å². The average molecular weight is 383 g/mol. The quantitative estimate of drug-likeness (QED) is 0.434. The van der Waals surface area contributed by atoms with E-state index in [-0.39, 0.29) is 0 Å². The number of hydrogen-bond donors (Lipinski definition) is 0. The van der Waals surface area contributed by atoms with Gasteiger partial charge in [0.2, 0.25) is 0 Å². The predicted molar refractivity (Wildman–Crippen MR) is 101 cm³/mol. The lowest BCUT2D eigenvalue weighted by Gasteiger charge is -2.31. The third kappa shape index (κ3) is 2.80. The summed E-state index contributed by atoms with van der Waals surface area (Å²) in [4.78, 5) is 0. The van der Waals surface area contributed by atoms with Crippen molar-refractivity contribution in [3.8, 4) is 11.5 Å². The summed E-state index contributed by atoms with van der Waals surface area (Å²) in [6.07, 6.45) is 0. The van der Waals surface area contributed by atoms with E-state index in [0.29, 0.717) is 5.75 Å². The maximum Gasteiger partial charge on any atom is 0.166 e. The fourth-order valence-electron chi connectivity index (χ4n) is 2.97. The first-order valence-electron chi connectivity index (χ1n) is 7.73. The molecule has 0 bridgehead atoms. The minimum atomic E-state index is -0.532. The molecular formula is C21H19BrO2. The van der Waals surface area contributed by atoms with E-state index in [1.165, 1.54) is 0 Å². The Hall–Kier alpha value is -2.26. The second kappa shape index (κ2) is 7.10. The number of hydrogen-bond acceptors (Lipinski definition) is 2. The summed E-state index contributed by atoms with van der Waals surface area (Å²) in [5.74, 6) is 1.44. The second-order valence-electron chi connectivity index (χ2n) is 5.43. The molecule has 122 valence electrons. The third-order valence-corrected chi connectivity index (χ3v) is 5.46. The normalized spacial score (nSPS) is 11.1. The summed E-state index contributed by atoms with van der Waals surface area (Å²) < 4.78 is 10.7. The molecule has 0 N–H and O–H groups in total. The number of rotatable bonds is 5. The van der Waals surface area contributed by atoms with Gasteiger partial charge < -0.3 is 9.47 Å². The van der Waals surface area contributed by atoms with Crippen LogP contribution in [0.1, 0.15) is 16.7 Å². The van der Waals surface area contributed by atoms with Crippen LogP contribution in [0.2, 0.25) is 0 Å². The van der Waals surface area contributed by atoms with Crippen molar-refractivity contribution in [2.24, 2.45) is 0 Å². The molecule has 0 heterocycles. The van der Waals surface area contributed by atoms with Gasteiger partial charge in [0.25, 0.3) is 0 Å². The standard InChI is InChI=1S/C21H19BrO2/c1-23-19-15-9-14-18(20(19)24-2)21(22,16-10-5-3-6-11-16)17-12-7-4-8-13-17/h3-15H,1-2H3. The summed E-state index contributed by atoms with van der Waals surface area (Å²) in [5.41, 5.74) is 3.26. The van der Waals surface area contributed by atoms with Gasteiger partial charge >= 0.3 is 0 Å². The van der Waals surface area contributed by atoms with Crippen LogP contribution in [0.15, 0.2) is 78.9 Å². The highest BCUT2D eigenvalue weighted by Gasteiger charge is 2.36. The van der Waals surface area contributed by atoms with Gasteiger partial charge in [0.05, 0.1) is 14.2 Å². The molecule has 0 fully saturated rings. The summed E-state index contributed by atoms with van der Waals surface area (Å²) in [7, 11) is 3.33. The smallest absolute Gasteiger partial charge is 0.166 e. The van der Waals surface area contributed by atoms with Crippen LogP contribution in [-0.2, 0) is 4.32 Å². The maximum atomic E-state index is 5.70. The van der Waals surface area contributed by atoms with E-state index < -0.39 is 4.32 Å². The van der Waals surface area contributed by atoms with Crippen molar-refractivity contribution in [2.75, 3.05) is 14.2 Å². The van der Waals surface area contributed by atoms with Crippen molar-refractivity contribution in [3.05, 3.63) is 95.6 Å². The third-order valence-electron chi connectivity index (χ3n) is 4.12. The Morgan fingerprint density at radius 2 is 1.21 bits per heavy atom. The van der Waals surface area contributed by atoms with Crippen LogP contribution in [0.25, 0.3) is 0 Å². The van der Waals surface area contributed by atoms with Crippen molar-refractivity contribution < 1.29 is 9.47 Å². The first-order chi connectivity index (χ1) is 11.7. The van der Waals surface area contributed by atoms with Crippen molar-refractivity contribution in [1.29, 1.82) is 0 Å². The SMILES string of the molecule is COc1cccc(C(Br)(c2ccccc2)c2ccccc2)c1OC. The number of halogens is 1. The van der Waals surface area contributed by atoms with Gasteiger partial charge in [0.1, 0.15) is 4.32 Å². The Labute approximate surface area is 151 Å². The molecular weight excluding hydrogens is 364 g/mol. The van der Waals surface area contributed by atoms with Crippen LogP contribution in [0, 0.1) is 0 Å². The zero-order valence-electron chi connectivity index (χ0n) is 13.7. The number of ether oxygens (including phenoxy) is 2. The summed E-state index contributed by atoms with van der Waals surface area (Å²) in [6, 6.07) is 26.6. The van der Waals surface area contributed by atoms with Gasteiger partial charge in [-0.2, -0.15) is 0 Å². The fraction of sp³-hybridized carbons (Fsp3) is 0.143. The Balaban J connectivity index is 2.32. The van der Waals surface area contributed by atoms with Crippen LogP contribution >= 0.6 is 15.9 Å². The van der Waals surface area contributed by atoms with Gasteiger partial charge in [-0.05, 0) is 17.2 Å². The first-order valence-corrected chi connectivity index (χ1v) is 8.52. The van der Waals surface area contributed by atoms with Gasteiger partial charge in [-0.25, -0.2) is 0 Å². The Morgan fingerprint density at radius 3 is 1.67 bits per heavy atom. The summed E-state index contributed by atoms with van der Waals surface area (Å²) in [5, 5.41) is 0. The number of para-hydroxylation sites is 1. The summed E-state index contributed by atoms with van der Waals surface area (Å²) >= 11 is 4.03. The summed E-state index contributed by atoms with van der Waals surface area (Å²) in [6.45, 7) is 0. The van der Waals surface area contributed by atoms with E-state index in [1.807, 2.05) is 48.5 Å². The molecule has 3 rings (SSSR count). The largest absolute Gasteiger partial charge is 0.493 e. The molecule has 0 saturated heterocycles. The van der Waals surface area contributed by atoms with E-state index in [0.717, 1.165) is 22.4 Å². The molecule has 0 atom stereocenters. The highest BCUT2D eigenvalue weighted by molar-refractivity contribution is 9.10. The Kier molecular flexibility index (Phi) is 4.91. The zero-order chi connectivity index (χ0) is 17.0. The van der Waals surface area contributed by atoms with Crippen LogP contribution in [0.5, 0.6) is 11.5 Å². The highest BCUT2D eigenvalue weighted by atomic mass is 79.9. The molecule has 3 heteroatoms. The van der Waals surface area contributed by atoms with E-state index in [1.54, 1.807) is 14.2 Å². The van der Waals surface area contributed by atoms with E-state index in [2.05, 4.69) is 46.3 Å². The lowest BCUT2D eigenvalue weighted by atomic mass is 9.84. The lowest BCUT2D eigenvalue weighted by Crippen LogP contribution is -2.22. The molecule has 0 aliphatic rings. The average Bonchev–Trinajstić information content (AvgIpc) is 2.68. The van der Waals surface area contributed by atoms with Crippen molar-refractivity contribution in [3.63, 3.8) is 0 Å². The minimum Gasteiger partial charge on any atom is -0.493 e. The molecule has 0 aromatic heterocycles. The van der Waals surface area contributed by atoms with Crippen molar-refractivity contribution >= 4 is 15.9 Å². The van der Waals surface area contributed by atoms with Crippen LogP contribution in [0.4, 0.5) is 0 Å². The van der Waals surface area contributed by atoms with Gasteiger partial charge in [-0.1, -0.05) is 88.7 Å². The number of alkyl halides is 1. The fourth-order valence-corrected chi connectivity index (χ4v) is 3.81. The Morgan fingerprint density at radius 1 is 0.667 bits per heavy atom. The number of methoxy groups -OCH3 is 2. The molecule has 0 amide bonds. The molecule has 0 unspecified atom stereocenters. The van der Waals surface area contributed by atoms with E-state index >= 15 is 0 Å². The van der Waals surface area contributed by atoms with Crippen LogP contribution in [-0.4, -0.2) is 14.2 Å². The van der Waals surface area contributed by atoms with Crippen LogP contribution < -0.4 is 9.47 Å². The van der Waals surface area contributed by atoms with Gasteiger partial charge in [-0.3, -0.25) is 0 Å². The monoisotopic (exact) mass is 382 g/mol. The molecule has 0 aliphatic carbocycles. The van der Waals surface area contributed by atoms with Crippen molar-refractivity contribution in [2.45, 2.75) is 4.32 Å². The molecule has 0 saturated carbocycles. The first kappa shape index (κ1) is 16.6. The van der Waals surface area contributed by atoms with Gasteiger partial charge in [-0.15, -0.1) is 0 Å². The van der Waals surface area contributed by atoms with E-state index in [9.17, 15) is 0 Å². The lowest BCUT2D eigenvalue weighted by molar-refractivity contribution is 0.351. The topological polar surface area (TPSA) is 18.5 Å². The molecule has 24 heavy (non-hydrogen) atoms. The predicted octanol–water partition coefficient (Wildman–Crippen LogP) is 5.39. The molecule has 3 aromatic rings. The van der Waals surface area contributed by atoms with Crippen molar-refractivity contribution in [1.82, 2.24) is 0 Å². The second-order valence-corrected chi connectivity index (χ2v) is 6.62.